The second-order valence-electron chi connectivity index (χ2n) is 2.85. The topological polar surface area (TPSA) is 55.7 Å². The van der Waals surface area contributed by atoms with Crippen LogP contribution in [0.5, 0.6) is 0 Å². The van der Waals surface area contributed by atoms with Gasteiger partial charge in [0.15, 0.2) is 5.78 Å². The van der Waals surface area contributed by atoms with Crippen LogP contribution in [-0.2, 0) is 0 Å². The Balaban J connectivity index is 2.37. The third-order valence-electron chi connectivity index (χ3n) is 1.79. The quantitative estimate of drug-likeness (QED) is 0.689. The summed E-state index contributed by atoms with van der Waals surface area (Å²) >= 11 is 0. The largest absolute Gasteiger partial charge is 0.288 e. The molecule has 0 unspecified atom stereocenters. The summed E-state index contributed by atoms with van der Waals surface area (Å²) in [5.41, 5.74) is 0.495. The smallest absolute Gasteiger partial charge is 0.197 e. The van der Waals surface area contributed by atoms with E-state index in [1.165, 1.54) is 24.9 Å². The average molecular weight is 203 g/mol. The van der Waals surface area contributed by atoms with Crippen molar-refractivity contribution >= 4 is 5.78 Å². The average Bonchev–Trinajstić information content (AvgIpc) is 2.29. The van der Waals surface area contributed by atoms with E-state index in [2.05, 4.69) is 15.0 Å². The number of hydrogen-bond donors (Lipinski definition) is 0. The van der Waals surface area contributed by atoms with Crippen LogP contribution in [0.15, 0.2) is 37.2 Å². The number of ketones is 1. The Morgan fingerprint density at radius 3 is 2.33 bits per heavy atom. The Morgan fingerprint density at radius 2 is 1.67 bits per heavy atom. The number of carbonyl (C=O) groups is 1. The fraction of sp³-hybridized carbons (Fsp3) is 0. The third-order valence-corrected chi connectivity index (χ3v) is 1.79. The molecule has 0 aliphatic heterocycles. The van der Waals surface area contributed by atoms with Crippen molar-refractivity contribution in [1.29, 1.82) is 0 Å². The molecule has 0 aromatic carbocycles. The highest BCUT2D eigenvalue weighted by Crippen LogP contribution is 2.07. The first kappa shape index (κ1) is 9.39. The van der Waals surface area contributed by atoms with Gasteiger partial charge < -0.3 is 0 Å². The Morgan fingerprint density at radius 1 is 1.00 bits per heavy atom. The maximum Gasteiger partial charge on any atom is 0.197 e. The van der Waals surface area contributed by atoms with Gasteiger partial charge in [-0.3, -0.25) is 9.78 Å². The lowest BCUT2D eigenvalue weighted by Gasteiger charge is -1.98. The van der Waals surface area contributed by atoms with Crippen molar-refractivity contribution in [2.45, 2.75) is 0 Å². The molecule has 2 aromatic rings. The Labute approximate surface area is 84.8 Å². The summed E-state index contributed by atoms with van der Waals surface area (Å²) in [6.07, 6.45) is 6.41. The number of aromatic nitrogens is 3. The van der Waals surface area contributed by atoms with Crippen molar-refractivity contribution < 1.29 is 9.18 Å². The number of halogens is 1. The van der Waals surface area contributed by atoms with Crippen LogP contribution in [0.25, 0.3) is 0 Å². The number of hydrogen-bond acceptors (Lipinski definition) is 4. The lowest BCUT2D eigenvalue weighted by atomic mass is 10.1. The van der Waals surface area contributed by atoms with Crippen LogP contribution >= 0.6 is 0 Å². The summed E-state index contributed by atoms with van der Waals surface area (Å²) in [6, 6.07) is 1.13. The molecule has 0 bridgehead atoms. The minimum atomic E-state index is -0.544. The molecule has 0 radical (unpaired) electrons. The van der Waals surface area contributed by atoms with Crippen LogP contribution < -0.4 is 0 Å². The molecule has 2 heterocycles. The molecule has 0 aliphatic carbocycles. The third kappa shape index (κ3) is 2.01. The number of pyridine rings is 1. The van der Waals surface area contributed by atoms with Gasteiger partial charge in [-0.05, 0) is 6.07 Å². The normalized spacial score (nSPS) is 9.93. The molecular weight excluding hydrogens is 197 g/mol. The molecule has 2 aromatic heterocycles. The predicted octanol–water partition coefficient (Wildman–Crippen LogP) is 1.24. The zero-order chi connectivity index (χ0) is 10.7. The van der Waals surface area contributed by atoms with E-state index in [1.54, 1.807) is 0 Å². The van der Waals surface area contributed by atoms with Crippen molar-refractivity contribution in [2.24, 2.45) is 0 Å². The molecule has 2 rings (SSSR count). The molecule has 0 aliphatic rings. The first-order chi connectivity index (χ1) is 7.27. The molecule has 0 saturated heterocycles. The molecule has 0 fully saturated rings. The van der Waals surface area contributed by atoms with Gasteiger partial charge in [-0.1, -0.05) is 0 Å². The van der Waals surface area contributed by atoms with E-state index in [0.29, 0.717) is 5.56 Å². The van der Waals surface area contributed by atoms with Gasteiger partial charge >= 0.3 is 0 Å². The van der Waals surface area contributed by atoms with Crippen LogP contribution in [0.3, 0.4) is 0 Å². The van der Waals surface area contributed by atoms with Crippen LogP contribution in [-0.4, -0.2) is 20.7 Å². The summed E-state index contributed by atoms with van der Waals surface area (Å²) in [6.45, 7) is 0. The fourth-order valence-electron chi connectivity index (χ4n) is 1.12. The lowest BCUT2D eigenvalue weighted by molar-refractivity contribution is 0.103. The minimum absolute atomic E-state index is 0.185. The van der Waals surface area contributed by atoms with Crippen molar-refractivity contribution in [3.8, 4) is 0 Å². The Bertz CT molecular complexity index is 487. The highest BCUT2D eigenvalue weighted by atomic mass is 19.1. The van der Waals surface area contributed by atoms with Gasteiger partial charge in [-0.2, -0.15) is 0 Å². The minimum Gasteiger partial charge on any atom is -0.288 e. The van der Waals surface area contributed by atoms with E-state index < -0.39 is 5.82 Å². The van der Waals surface area contributed by atoms with Gasteiger partial charge in [0.05, 0.1) is 11.8 Å². The van der Waals surface area contributed by atoms with Crippen molar-refractivity contribution in [1.82, 2.24) is 15.0 Å². The van der Waals surface area contributed by atoms with E-state index in [1.807, 2.05) is 0 Å². The molecule has 0 saturated carbocycles. The van der Waals surface area contributed by atoms with E-state index in [-0.39, 0.29) is 11.3 Å². The molecule has 15 heavy (non-hydrogen) atoms. The van der Waals surface area contributed by atoms with E-state index in [4.69, 9.17) is 0 Å². The summed E-state index contributed by atoms with van der Waals surface area (Å²) in [5.74, 6) is -0.889. The van der Waals surface area contributed by atoms with Crippen molar-refractivity contribution in [3.63, 3.8) is 0 Å². The van der Waals surface area contributed by atoms with Gasteiger partial charge in [0, 0.05) is 24.2 Å². The molecular formula is C10H6FN3O. The van der Waals surface area contributed by atoms with Gasteiger partial charge in [0.1, 0.15) is 12.1 Å². The zero-order valence-corrected chi connectivity index (χ0v) is 7.59. The highest BCUT2D eigenvalue weighted by Gasteiger charge is 2.10. The van der Waals surface area contributed by atoms with Crippen LogP contribution in [0.1, 0.15) is 15.9 Å². The molecule has 0 atom stereocenters. The lowest BCUT2D eigenvalue weighted by Crippen LogP contribution is -2.03. The van der Waals surface area contributed by atoms with E-state index in [9.17, 15) is 9.18 Å². The van der Waals surface area contributed by atoms with Gasteiger partial charge in [0.2, 0.25) is 0 Å². The Kier molecular flexibility index (Phi) is 2.45. The summed E-state index contributed by atoms with van der Waals surface area (Å²) < 4.78 is 12.8. The summed E-state index contributed by atoms with van der Waals surface area (Å²) in [7, 11) is 0. The fourth-order valence-corrected chi connectivity index (χ4v) is 1.12. The van der Waals surface area contributed by atoms with E-state index >= 15 is 0 Å². The van der Waals surface area contributed by atoms with Crippen molar-refractivity contribution in [2.75, 3.05) is 0 Å². The maximum absolute atomic E-state index is 12.8. The molecule has 0 spiro atoms. The summed E-state index contributed by atoms with van der Waals surface area (Å²) in [5, 5.41) is 0. The number of nitrogens with zero attached hydrogens (tertiary/aromatic N) is 3. The predicted molar refractivity (Wildman–Crippen MR) is 49.7 cm³/mol. The van der Waals surface area contributed by atoms with Crippen LogP contribution in [0, 0.1) is 5.82 Å². The second kappa shape index (κ2) is 3.91. The number of rotatable bonds is 2. The molecule has 0 amide bonds. The van der Waals surface area contributed by atoms with Gasteiger partial charge in [-0.15, -0.1) is 0 Å². The standard InChI is InChI=1S/C10H6FN3O/c11-9-1-7(2-12-5-9)10(15)8-3-13-6-14-4-8/h1-6H. The maximum atomic E-state index is 12.8. The molecule has 5 heteroatoms. The Hall–Kier alpha value is -2.17. The van der Waals surface area contributed by atoms with Crippen molar-refractivity contribution in [3.05, 3.63) is 54.1 Å². The second-order valence-corrected chi connectivity index (χ2v) is 2.85. The van der Waals surface area contributed by atoms with Gasteiger partial charge in [-0.25, -0.2) is 14.4 Å². The van der Waals surface area contributed by atoms with Crippen LogP contribution in [0.2, 0.25) is 0 Å². The molecule has 4 nitrogen and oxygen atoms in total. The summed E-state index contributed by atoms with van der Waals surface area (Å²) in [4.78, 5) is 22.7. The number of carbonyl (C=O) groups excluding carboxylic acids is 1. The first-order valence-electron chi connectivity index (χ1n) is 4.17. The monoisotopic (exact) mass is 203 g/mol. The van der Waals surface area contributed by atoms with Crippen LogP contribution in [0.4, 0.5) is 4.39 Å². The molecule has 0 N–H and O–H groups in total. The first-order valence-corrected chi connectivity index (χ1v) is 4.17. The molecule has 74 valence electrons. The van der Waals surface area contributed by atoms with E-state index in [0.717, 1.165) is 12.3 Å². The zero-order valence-electron chi connectivity index (χ0n) is 7.59. The van der Waals surface area contributed by atoms with Gasteiger partial charge in [0.25, 0.3) is 0 Å². The highest BCUT2D eigenvalue weighted by molar-refractivity contribution is 6.08. The SMILES string of the molecule is O=C(c1cncnc1)c1cncc(F)c1.